The molecule has 0 aliphatic carbocycles. The number of para-hydroxylation sites is 6. The zero-order valence-electron chi connectivity index (χ0n) is 41.5. The van der Waals surface area contributed by atoms with Crippen molar-refractivity contribution in [3.05, 3.63) is 259 Å². The van der Waals surface area contributed by atoms with Gasteiger partial charge in [-0.1, -0.05) is 179 Å². The monoisotopic (exact) mass is 944 g/mol. The highest BCUT2D eigenvalue weighted by atomic mass is 15.0. The molecule has 0 aliphatic rings. The van der Waals surface area contributed by atoms with Crippen molar-refractivity contribution in [2.75, 3.05) is 0 Å². The Balaban J connectivity index is 0.946. The molecule has 0 fully saturated rings. The van der Waals surface area contributed by atoms with Gasteiger partial charge in [-0.15, -0.1) is 0 Å². The fourth-order valence-corrected chi connectivity index (χ4v) is 13.0. The molecule has 0 radical (unpaired) electrons. The summed E-state index contributed by atoms with van der Waals surface area (Å²) in [5.74, 6) is 0. The van der Waals surface area contributed by atoms with Crippen LogP contribution in [-0.2, 0) is 0 Å². The minimum atomic E-state index is -0.0530. The van der Waals surface area contributed by atoms with E-state index in [9.17, 15) is 0 Å². The normalized spacial score (nSPS) is 12.0. The number of aromatic nitrogens is 4. The minimum absolute atomic E-state index is 0.0530. The average Bonchev–Trinajstić information content (AvgIpc) is 4.16. The predicted molar refractivity (Wildman–Crippen MR) is 316 cm³/mol. The summed E-state index contributed by atoms with van der Waals surface area (Å²) >= 11 is 0. The predicted octanol–water partition coefficient (Wildman–Crippen LogP) is 15.5. The zero-order chi connectivity index (χ0) is 49.2. The molecule has 0 aliphatic heterocycles. The molecule has 0 atom stereocenters. The topological polar surface area (TPSA) is 19.7 Å². The molecular formula is C69H49BN4. The van der Waals surface area contributed by atoms with Crippen molar-refractivity contribution in [2.45, 2.75) is 20.8 Å². The maximum atomic E-state index is 2.50. The van der Waals surface area contributed by atoms with Gasteiger partial charge < -0.3 is 18.3 Å². The molecule has 4 heterocycles. The Morgan fingerprint density at radius 3 is 0.892 bits per heavy atom. The number of hydrogen-bond donors (Lipinski definition) is 0. The summed E-state index contributed by atoms with van der Waals surface area (Å²) in [7, 11) is 0. The van der Waals surface area contributed by atoms with Crippen LogP contribution in [0.25, 0.3) is 110 Å². The van der Waals surface area contributed by atoms with E-state index in [0.717, 1.165) is 22.7 Å². The molecule has 0 saturated heterocycles. The average molecular weight is 945 g/mol. The Labute approximate surface area is 429 Å². The van der Waals surface area contributed by atoms with E-state index in [4.69, 9.17) is 0 Å². The second-order valence-corrected chi connectivity index (χ2v) is 20.3. The second-order valence-electron chi connectivity index (χ2n) is 20.3. The first-order chi connectivity index (χ1) is 36.5. The van der Waals surface area contributed by atoms with Crippen molar-refractivity contribution in [1.82, 2.24) is 18.3 Å². The summed E-state index contributed by atoms with van der Waals surface area (Å²) in [6, 6.07) is 90.2. The van der Waals surface area contributed by atoms with Gasteiger partial charge in [-0.2, -0.15) is 0 Å². The number of hydrogen-bond acceptors (Lipinski definition) is 0. The van der Waals surface area contributed by atoms with E-state index in [1.807, 2.05) is 0 Å². The van der Waals surface area contributed by atoms with Crippen LogP contribution in [0, 0.1) is 20.8 Å². The Hall–Kier alpha value is -9.32. The van der Waals surface area contributed by atoms with E-state index < -0.39 is 0 Å². The molecule has 0 amide bonds. The van der Waals surface area contributed by atoms with Gasteiger partial charge in [-0.25, -0.2) is 0 Å². The van der Waals surface area contributed by atoms with Gasteiger partial charge in [-0.05, 0) is 118 Å². The summed E-state index contributed by atoms with van der Waals surface area (Å²) in [5.41, 5.74) is 21.9. The first kappa shape index (κ1) is 42.4. The highest BCUT2D eigenvalue weighted by molar-refractivity contribution is 6.96. The molecule has 348 valence electrons. The van der Waals surface area contributed by atoms with Crippen molar-refractivity contribution in [3.8, 4) is 22.7 Å². The van der Waals surface area contributed by atoms with Crippen LogP contribution in [0.4, 0.5) is 0 Å². The molecule has 4 aromatic heterocycles. The Morgan fingerprint density at radius 2 is 0.541 bits per heavy atom. The van der Waals surface area contributed by atoms with Gasteiger partial charge in [0.2, 0.25) is 6.71 Å². The summed E-state index contributed by atoms with van der Waals surface area (Å²) < 4.78 is 9.84. The lowest BCUT2D eigenvalue weighted by Gasteiger charge is -2.23. The van der Waals surface area contributed by atoms with E-state index in [1.54, 1.807) is 0 Å². The highest BCUT2D eigenvalue weighted by Gasteiger charge is 2.28. The zero-order valence-corrected chi connectivity index (χ0v) is 41.5. The van der Waals surface area contributed by atoms with E-state index in [-0.39, 0.29) is 6.71 Å². The Bertz CT molecular complexity index is 4460. The third-order valence-electron chi connectivity index (χ3n) is 15.9. The molecule has 11 aromatic carbocycles. The minimum Gasteiger partial charge on any atom is -0.309 e. The standard InChI is InChI=1S/C69H49BN4/c1-44-36-45(2)69(46(3)37-44)70(47-20-18-26-51(38-47)73-63-34-16-12-30-55(63)59-40-65-57(42-67(59)73)53-28-10-14-32-61(53)71(65)49-22-6-4-7-23-49)48-21-19-27-52(39-48)74-64-35-17-13-31-56(64)60-41-66-58(43-68(60)74)54-29-11-15-33-62(54)72(66)50-24-8-5-9-25-50/h4-43H,1-3H3. The van der Waals surface area contributed by atoms with Crippen LogP contribution in [0.2, 0.25) is 0 Å². The third-order valence-corrected chi connectivity index (χ3v) is 15.9. The molecule has 74 heavy (non-hydrogen) atoms. The molecule has 4 nitrogen and oxygen atoms in total. The maximum absolute atomic E-state index is 2.50. The van der Waals surface area contributed by atoms with Crippen LogP contribution in [0.15, 0.2) is 243 Å². The first-order valence-corrected chi connectivity index (χ1v) is 25.8. The fourth-order valence-electron chi connectivity index (χ4n) is 13.0. The van der Waals surface area contributed by atoms with Crippen molar-refractivity contribution in [3.63, 3.8) is 0 Å². The number of aryl methyl sites for hydroxylation is 3. The van der Waals surface area contributed by atoms with E-state index in [2.05, 4.69) is 282 Å². The third kappa shape index (κ3) is 6.29. The van der Waals surface area contributed by atoms with Gasteiger partial charge in [0, 0.05) is 65.8 Å². The summed E-state index contributed by atoms with van der Waals surface area (Å²) in [4.78, 5) is 0. The lowest BCUT2D eigenvalue weighted by Crippen LogP contribution is -2.54. The van der Waals surface area contributed by atoms with Crippen LogP contribution >= 0.6 is 0 Å². The summed E-state index contributed by atoms with van der Waals surface area (Å²) in [5, 5.41) is 9.92. The van der Waals surface area contributed by atoms with E-state index in [1.165, 1.54) is 120 Å². The molecule has 0 saturated carbocycles. The van der Waals surface area contributed by atoms with E-state index >= 15 is 0 Å². The smallest absolute Gasteiger partial charge is 0.242 e. The fraction of sp³-hybridized carbons (Fsp3) is 0.0435. The molecule has 0 unspecified atom stereocenters. The highest BCUT2D eigenvalue weighted by Crippen LogP contribution is 2.41. The van der Waals surface area contributed by atoms with E-state index in [0.29, 0.717) is 0 Å². The van der Waals surface area contributed by atoms with Gasteiger partial charge in [0.25, 0.3) is 0 Å². The van der Waals surface area contributed by atoms with Gasteiger partial charge in [0.15, 0.2) is 0 Å². The van der Waals surface area contributed by atoms with Gasteiger partial charge in [0.1, 0.15) is 0 Å². The number of nitrogens with zero attached hydrogens (tertiary/aromatic N) is 4. The quantitative estimate of drug-likeness (QED) is 0.142. The number of rotatable bonds is 7. The van der Waals surface area contributed by atoms with Crippen LogP contribution in [0.5, 0.6) is 0 Å². The molecule has 0 N–H and O–H groups in total. The Kier molecular flexibility index (Phi) is 9.37. The molecule has 15 rings (SSSR count). The van der Waals surface area contributed by atoms with Crippen molar-refractivity contribution in [1.29, 1.82) is 0 Å². The summed E-state index contributed by atoms with van der Waals surface area (Å²) in [6.45, 7) is 6.75. The molecule has 0 spiro atoms. The number of benzene rings is 11. The molecule has 15 aromatic rings. The summed E-state index contributed by atoms with van der Waals surface area (Å²) in [6.07, 6.45) is 0. The van der Waals surface area contributed by atoms with Crippen LogP contribution in [-0.4, -0.2) is 25.0 Å². The van der Waals surface area contributed by atoms with Crippen molar-refractivity contribution in [2.24, 2.45) is 0 Å². The maximum Gasteiger partial charge on any atom is 0.242 e. The second kappa shape index (κ2) is 16.4. The first-order valence-electron chi connectivity index (χ1n) is 25.8. The largest absolute Gasteiger partial charge is 0.309 e. The van der Waals surface area contributed by atoms with Gasteiger partial charge in [0.05, 0.1) is 44.1 Å². The SMILES string of the molecule is Cc1cc(C)c(B(c2cccc(-n3c4ccccc4c4cc5c(cc43)c3ccccc3n5-c3ccccc3)c2)c2cccc(-n3c4ccccc4c4cc5c(cc43)c3ccccc3n5-c3ccccc3)c2)c(C)c1. The van der Waals surface area contributed by atoms with Crippen LogP contribution in [0.3, 0.4) is 0 Å². The van der Waals surface area contributed by atoms with Crippen molar-refractivity contribution < 1.29 is 0 Å². The van der Waals surface area contributed by atoms with Crippen molar-refractivity contribution >= 4 is 110 Å². The van der Waals surface area contributed by atoms with Gasteiger partial charge >= 0.3 is 0 Å². The molecule has 5 heteroatoms. The number of fused-ring (bicyclic) bond motifs is 12. The molecular weight excluding hydrogens is 896 g/mol. The molecule has 0 bridgehead atoms. The lowest BCUT2D eigenvalue weighted by atomic mass is 9.35. The lowest BCUT2D eigenvalue weighted by molar-refractivity contribution is 1.17. The van der Waals surface area contributed by atoms with Gasteiger partial charge in [-0.3, -0.25) is 0 Å². The van der Waals surface area contributed by atoms with Crippen LogP contribution < -0.4 is 16.4 Å². The van der Waals surface area contributed by atoms with Crippen LogP contribution in [0.1, 0.15) is 16.7 Å². The Morgan fingerprint density at radius 1 is 0.243 bits per heavy atom.